The van der Waals surface area contributed by atoms with E-state index >= 15 is 0 Å². The van der Waals surface area contributed by atoms with Crippen LogP contribution in [0.25, 0.3) is 11.0 Å². The van der Waals surface area contributed by atoms with Crippen LogP contribution in [0, 0.1) is 0 Å². The molecule has 1 aliphatic rings. The summed E-state index contributed by atoms with van der Waals surface area (Å²) in [4.78, 5) is 25.5. The normalized spacial score (nSPS) is 16.3. The van der Waals surface area contributed by atoms with Gasteiger partial charge >= 0.3 is 0 Å². The molecule has 0 spiro atoms. The van der Waals surface area contributed by atoms with E-state index in [2.05, 4.69) is 56.2 Å². The van der Waals surface area contributed by atoms with Crippen LogP contribution in [0.15, 0.2) is 31.2 Å². The third-order valence-electron chi connectivity index (χ3n) is 5.99. The number of hydrogen-bond donors (Lipinski definition) is 3. The largest absolute Gasteiger partial charge is 0.365 e. The van der Waals surface area contributed by atoms with Gasteiger partial charge in [-0.2, -0.15) is 20.2 Å². The summed E-state index contributed by atoms with van der Waals surface area (Å²) >= 11 is 0. The van der Waals surface area contributed by atoms with Crippen molar-refractivity contribution < 1.29 is 4.79 Å². The van der Waals surface area contributed by atoms with Crippen LogP contribution in [0.1, 0.15) is 26.7 Å². The van der Waals surface area contributed by atoms with Crippen LogP contribution in [0.5, 0.6) is 0 Å². The SMILES string of the molecule is C=CC(=O)N1CCCC(Nc2nc(Nc3cnn(CCN(CC)CC)c3)nc3[nH]ncc23)C1. The van der Waals surface area contributed by atoms with Crippen molar-refractivity contribution in [2.24, 2.45) is 0 Å². The number of rotatable bonds is 10. The molecule has 0 bridgehead atoms. The van der Waals surface area contributed by atoms with Gasteiger partial charge < -0.3 is 20.4 Å². The first kappa shape index (κ1) is 22.7. The fraction of sp³-hybridized carbons (Fsp3) is 0.500. The van der Waals surface area contributed by atoms with Gasteiger partial charge in [-0.15, -0.1) is 0 Å². The first-order valence-corrected chi connectivity index (χ1v) is 11.5. The third kappa shape index (κ3) is 5.48. The van der Waals surface area contributed by atoms with Gasteiger partial charge in [0.05, 0.1) is 30.0 Å². The molecule has 1 aliphatic heterocycles. The fourth-order valence-corrected chi connectivity index (χ4v) is 4.08. The van der Waals surface area contributed by atoms with Crippen molar-refractivity contribution in [1.82, 2.24) is 39.7 Å². The first-order valence-electron chi connectivity index (χ1n) is 11.5. The van der Waals surface area contributed by atoms with E-state index in [-0.39, 0.29) is 11.9 Å². The third-order valence-corrected chi connectivity index (χ3v) is 5.99. The summed E-state index contributed by atoms with van der Waals surface area (Å²) in [6.07, 6.45) is 8.68. The van der Waals surface area contributed by atoms with Gasteiger partial charge in [0.1, 0.15) is 5.82 Å². The van der Waals surface area contributed by atoms with Crippen molar-refractivity contribution in [2.75, 3.05) is 43.4 Å². The Bertz CT molecular complexity index is 1090. The molecule has 3 aromatic heterocycles. The number of likely N-dealkylation sites (tertiary alicyclic amines) is 1. The van der Waals surface area contributed by atoms with E-state index in [9.17, 15) is 4.79 Å². The van der Waals surface area contributed by atoms with Crippen LogP contribution in [0.4, 0.5) is 17.5 Å². The molecule has 1 atom stereocenters. The summed E-state index contributed by atoms with van der Waals surface area (Å²) < 4.78 is 1.92. The Morgan fingerprint density at radius 2 is 2.18 bits per heavy atom. The number of carbonyl (C=O) groups is 1. The van der Waals surface area contributed by atoms with Gasteiger partial charge in [-0.25, -0.2) is 0 Å². The summed E-state index contributed by atoms with van der Waals surface area (Å²) in [5, 5.41) is 19.0. The van der Waals surface area contributed by atoms with Gasteiger partial charge in [-0.05, 0) is 32.0 Å². The summed E-state index contributed by atoms with van der Waals surface area (Å²) in [5.74, 6) is 1.09. The maximum absolute atomic E-state index is 12.0. The monoisotopic (exact) mass is 452 g/mol. The second kappa shape index (κ2) is 10.4. The number of aromatic amines is 1. The van der Waals surface area contributed by atoms with Gasteiger partial charge in [0.2, 0.25) is 11.9 Å². The minimum atomic E-state index is -0.0435. The lowest BCUT2D eigenvalue weighted by Gasteiger charge is -2.32. The quantitative estimate of drug-likeness (QED) is 0.401. The van der Waals surface area contributed by atoms with Crippen LogP contribution < -0.4 is 10.6 Å². The Balaban J connectivity index is 1.47. The molecule has 1 saturated heterocycles. The van der Waals surface area contributed by atoms with Crippen molar-refractivity contribution in [2.45, 2.75) is 39.3 Å². The summed E-state index contributed by atoms with van der Waals surface area (Å²) in [6.45, 7) is 13.1. The molecule has 1 unspecified atom stereocenters. The molecular weight excluding hydrogens is 420 g/mol. The Hall–Kier alpha value is -3.47. The van der Waals surface area contributed by atoms with E-state index in [1.165, 1.54) is 6.08 Å². The Morgan fingerprint density at radius 3 is 2.97 bits per heavy atom. The average molecular weight is 453 g/mol. The van der Waals surface area contributed by atoms with Gasteiger partial charge in [0.25, 0.3) is 0 Å². The summed E-state index contributed by atoms with van der Waals surface area (Å²) in [7, 11) is 0. The minimum Gasteiger partial charge on any atom is -0.365 e. The van der Waals surface area contributed by atoms with Crippen LogP contribution >= 0.6 is 0 Å². The highest BCUT2D eigenvalue weighted by molar-refractivity contribution is 5.88. The number of aromatic nitrogens is 6. The number of nitrogens with one attached hydrogen (secondary N) is 3. The molecule has 0 radical (unpaired) electrons. The summed E-state index contributed by atoms with van der Waals surface area (Å²) in [6, 6.07) is 0.0892. The number of piperidine rings is 1. The van der Waals surface area contributed by atoms with Crippen LogP contribution in [-0.2, 0) is 11.3 Å². The van der Waals surface area contributed by atoms with E-state index in [1.807, 2.05) is 15.8 Å². The molecular formula is C22H32N10O. The number of anilines is 3. The molecule has 176 valence electrons. The zero-order valence-electron chi connectivity index (χ0n) is 19.3. The van der Waals surface area contributed by atoms with Gasteiger partial charge in [-0.1, -0.05) is 20.4 Å². The van der Waals surface area contributed by atoms with E-state index in [0.29, 0.717) is 24.0 Å². The predicted octanol–water partition coefficient (Wildman–Crippen LogP) is 2.22. The minimum absolute atomic E-state index is 0.0435. The highest BCUT2D eigenvalue weighted by atomic mass is 16.2. The molecule has 11 nitrogen and oxygen atoms in total. The topological polar surface area (TPSA) is 120 Å². The first-order chi connectivity index (χ1) is 16.1. The van der Waals surface area contributed by atoms with Crippen LogP contribution in [0.3, 0.4) is 0 Å². The lowest BCUT2D eigenvalue weighted by molar-refractivity contribution is -0.127. The fourth-order valence-electron chi connectivity index (χ4n) is 4.08. The number of nitrogens with zero attached hydrogens (tertiary/aromatic N) is 7. The highest BCUT2D eigenvalue weighted by Gasteiger charge is 2.23. The van der Waals surface area contributed by atoms with E-state index in [1.54, 1.807) is 12.4 Å². The second-order valence-corrected chi connectivity index (χ2v) is 8.14. The smallest absolute Gasteiger partial charge is 0.246 e. The lowest BCUT2D eigenvalue weighted by atomic mass is 10.1. The molecule has 1 amide bonds. The van der Waals surface area contributed by atoms with Crippen molar-refractivity contribution >= 4 is 34.4 Å². The Morgan fingerprint density at radius 1 is 1.33 bits per heavy atom. The van der Waals surface area contributed by atoms with Gasteiger partial charge in [0.15, 0.2) is 5.65 Å². The lowest BCUT2D eigenvalue weighted by Crippen LogP contribution is -2.44. The molecule has 33 heavy (non-hydrogen) atoms. The second-order valence-electron chi connectivity index (χ2n) is 8.14. The van der Waals surface area contributed by atoms with Crippen LogP contribution in [0.2, 0.25) is 0 Å². The number of fused-ring (bicyclic) bond motifs is 1. The van der Waals surface area contributed by atoms with E-state index in [4.69, 9.17) is 4.98 Å². The molecule has 11 heteroatoms. The van der Waals surface area contributed by atoms with Crippen LogP contribution in [-0.4, -0.2) is 84.4 Å². The summed E-state index contributed by atoms with van der Waals surface area (Å²) in [5.41, 5.74) is 1.46. The zero-order chi connectivity index (χ0) is 23.2. The molecule has 0 saturated carbocycles. The van der Waals surface area contributed by atoms with Gasteiger partial charge in [-0.3, -0.25) is 14.6 Å². The molecule has 1 fully saturated rings. The Kier molecular flexibility index (Phi) is 7.18. The number of likely N-dealkylation sites (N-methyl/N-ethyl adjacent to an activating group) is 1. The average Bonchev–Trinajstić information content (AvgIpc) is 3.49. The van der Waals surface area contributed by atoms with Crippen molar-refractivity contribution in [3.63, 3.8) is 0 Å². The maximum atomic E-state index is 12.0. The zero-order valence-corrected chi connectivity index (χ0v) is 19.3. The number of hydrogen-bond acceptors (Lipinski definition) is 8. The van der Waals surface area contributed by atoms with Gasteiger partial charge in [0, 0.05) is 31.9 Å². The van der Waals surface area contributed by atoms with Crippen molar-refractivity contribution in [1.29, 1.82) is 0 Å². The van der Waals surface area contributed by atoms with E-state index < -0.39 is 0 Å². The molecule has 3 N–H and O–H groups in total. The molecule has 4 heterocycles. The van der Waals surface area contributed by atoms with E-state index in [0.717, 1.165) is 56.6 Å². The molecule has 0 aliphatic carbocycles. The molecule has 0 aromatic carbocycles. The predicted molar refractivity (Wildman–Crippen MR) is 128 cm³/mol. The molecule has 3 aromatic rings. The Labute approximate surface area is 193 Å². The number of amides is 1. The molecule has 4 rings (SSSR count). The highest BCUT2D eigenvalue weighted by Crippen LogP contribution is 2.24. The number of H-pyrrole nitrogens is 1. The van der Waals surface area contributed by atoms with Crippen molar-refractivity contribution in [3.05, 3.63) is 31.2 Å². The standard InChI is InChI=1S/C22H32N10O/c1-4-19(33)31-9-7-8-16(14-31)25-20-18-13-23-29-21(18)28-22(27-20)26-17-12-24-32(15-17)11-10-30(5-2)6-3/h4,12-13,15-16H,1,5-11,14H2,2-3H3,(H3,23,25,26,27,28,29). The maximum Gasteiger partial charge on any atom is 0.246 e. The van der Waals surface area contributed by atoms with Crippen molar-refractivity contribution in [3.8, 4) is 0 Å². The number of carbonyl (C=O) groups excluding carboxylic acids is 1.